The molecule has 0 saturated carbocycles. The molecule has 4 aromatic rings. The summed E-state index contributed by atoms with van der Waals surface area (Å²) in [4.78, 5) is 15.7. The number of rotatable bonds is 2. The first-order chi connectivity index (χ1) is 11.7. The van der Waals surface area contributed by atoms with Crippen LogP contribution in [0, 0.1) is 0 Å². The summed E-state index contributed by atoms with van der Waals surface area (Å²) in [7, 11) is 0. The van der Waals surface area contributed by atoms with Crippen LogP contribution in [0.15, 0.2) is 88.1 Å². The number of fused-ring (bicyclic) bond motifs is 1. The molecule has 0 bridgehead atoms. The molecule has 4 rings (SSSR count). The third-order valence-corrected chi connectivity index (χ3v) is 4.60. The fraction of sp³-hybridized carbons (Fsp3) is 0. The second-order valence-electron chi connectivity index (χ2n) is 5.63. The Hall–Kier alpha value is -2.65. The van der Waals surface area contributed by atoms with Crippen molar-refractivity contribution in [3.63, 3.8) is 0 Å². The molecule has 0 atom stereocenters. The van der Waals surface area contributed by atoms with E-state index < -0.39 is 0 Å². The Morgan fingerprint density at radius 1 is 0.708 bits per heavy atom. The molecule has 0 aliphatic rings. The summed E-state index contributed by atoms with van der Waals surface area (Å²) in [6.07, 6.45) is 0. The highest BCUT2D eigenvalue weighted by molar-refractivity contribution is 9.10. The van der Waals surface area contributed by atoms with Gasteiger partial charge >= 0.3 is 0 Å². The largest absolute Gasteiger partial charge is 0.321 e. The maximum atomic E-state index is 12.6. The Bertz CT molecular complexity index is 1070. The molecule has 1 aromatic heterocycles. The fourth-order valence-electron chi connectivity index (χ4n) is 3.03. The van der Waals surface area contributed by atoms with Crippen LogP contribution < -0.4 is 5.56 Å². The monoisotopic (exact) mass is 375 g/mol. The van der Waals surface area contributed by atoms with E-state index in [0.29, 0.717) is 5.39 Å². The van der Waals surface area contributed by atoms with Gasteiger partial charge in [-0.15, -0.1) is 0 Å². The first kappa shape index (κ1) is 14.9. The molecule has 1 N–H and O–H groups in total. The SMILES string of the molecule is O=c1[nH]c(-c2ccccc2)c(-c2ccccc2)c2ccc(Br)cc12. The van der Waals surface area contributed by atoms with E-state index in [2.05, 4.69) is 33.0 Å². The van der Waals surface area contributed by atoms with Gasteiger partial charge in [0.1, 0.15) is 0 Å². The predicted octanol–water partition coefficient (Wildman–Crippen LogP) is 5.62. The number of nitrogens with one attached hydrogen (secondary N) is 1. The van der Waals surface area contributed by atoms with Crippen molar-refractivity contribution in [1.29, 1.82) is 0 Å². The third kappa shape index (κ3) is 2.57. The normalized spacial score (nSPS) is 10.9. The molecule has 0 saturated heterocycles. The van der Waals surface area contributed by atoms with Crippen LogP contribution in [-0.2, 0) is 0 Å². The lowest BCUT2D eigenvalue weighted by molar-refractivity contribution is 1.28. The van der Waals surface area contributed by atoms with Gasteiger partial charge < -0.3 is 4.98 Å². The highest BCUT2D eigenvalue weighted by Crippen LogP contribution is 2.35. The average molecular weight is 376 g/mol. The van der Waals surface area contributed by atoms with Crippen molar-refractivity contribution in [2.24, 2.45) is 0 Å². The fourth-order valence-corrected chi connectivity index (χ4v) is 3.39. The summed E-state index contributed by atoms with van der Waals surface area (Å²) in [6, 6.07) is 26.0. The molecule has 1 heterocycles. The van der Waals surface area contributed by atoms with Crippen molar-refractivity contribution in [2.75, 3.05) is 0 Å². The van der Waals surface area contributed by atoms with Crippen LogP contribution in [0.3, 0.4) is 0 Å². The third-order valence-electron chi connectivity index (χ3n) is 4.11. The topological polar surface area (TPSA) is 32.9 Å². The van der Waals surface area contributed by atoms with Crippen molar-refractivity contribution in [3.05, 3.63) is 93.7 Å². The average Bonchev–Trinajstić information content (AvgIpc) is 2.63. The summed E-state index contributed by atoms with van der Waals surface area (Å²) in [5.41, 5.74) is 3.90. The maximum absolute atomic E-state index is 12.6. The molecular weight excluding hydrogens is 362 g/mol. The van der Waals surface area contributed by atoms with Gasteiger partial charge in [0, 0.05) is 15.4 Å². The van der Waals surface area contributed by atoms with E-state index in [1.54, 1.807) is 0 Å². The molecule has 0 amide bonds. The van der Waals surface area contributed by atoms with Crippen LogP contribution >= 0.6 is 15.9 Å². The summed E-state index contributed by atoms with van der Waals surface area (Å²) in [6.45, 7) is 0. The van der Waals surface area contributed by atoms with Crippen LogP contribution in [-0.4, -0.2) is 4.98 Å². The van der Waals surface area contributed by atoms with Crippen molar-refractivity contribution < 1.29 is 0 Å². The molecule has 0 aliphatic carbocycles. The zero-order valence-corrected chi connectivity index (χ0v) is 14.4. The molecule has 116 valence electrons. The Kier molecular flexibility index (Phi) is 3.79. The van der Waals surface area contributed by atoms with Gasteiger partial charge in [0.15, 0.2) is 0 Å². The van der Waals surface area contributed by atoms with Crippen molar-refractivity contribution in [1.82, 2.24) is 4.98 Å². The second kappa shape index (κ2) is 6.10. The quantitative estimate of drug-likeness (QED) is 0.484. The van der Waals surface area contributed by atoms with Crippen LogP contribution in [0.4, 0.5) is 0 Å². The lowest BCUT2D eigenvalue weighted by Crippen LogP contribution is -2.09. The lowest BCUT2D eigenvalue weighted by atomic mass is 9.94. The highest BCUT2D eigenvalue weighted by Gasteiger charge is 2.14. The van der Waals surface area contributed by atoms with E-state index >= 15 is 0 Å². The van der Waals surface area contributed by atoms with E-state index in [4.69, 9.17) is 0 Å². The molecule has 24 heavy (non-hydrogen) atoms. The van der Waals surface area contributed by atoms with Crippen LogP contribution in [0.2, 0.25) is 0 Å². The van der Waals surface area contributed by atoms with E-state index in [1.165, 1.54) is 0 Å². The van der Waals surface area contributed by atoms with E-state index in [-0.39, 0.29) is 5.56 Å². The van der Waals surface area contributed by atoms with Crippen LogP contribution in [0.1, 0.15) is 0 Å². The van der Waals surface area contributed by atoms with Gasteiger partial charge in [-0.2, -0.15) is 0 Å². The van der Waals surface area contributed by atoms with E-state index in [1.807, 2.05) is 66.7 Å². The lowest BCUT2D eigenvalue weighted by Gasteiger charge is -2.14. The Balaban J connectivity index is 2.16. The maximum Gasteiger partial charge on any atom is 0.256 e. The minimum absolute atomic E-state index is 0.0789. The van der Waals surface area contributed by atoms with E-state index in [9.17, 15) is 4.79 Å². The van der Waals surface area contributed by atoms with Gasteiger partial charge in [0.2, 0.25) is 0 Å². The molecule has 0 spiro atoms. The van der Waals surface area contributed by atoms with Gasteiger partial charge in [-0.05, 0) is 28.6 Å². The van der Waals surface area contributed by atoms with Gasteiger partial charge in [0.05, 0.1) is 5.69 Å². The van der Waals surface area contributed by atoms with Crippen molar-refractivity contribution in [3.8, 4) is 22.4 Å². The zero-order valence-electron chi connectivity index (χ0n) is 12.8. The summed E-state index contributed by atoms with van der Waals surface area (Å²) >= 11 is 3.46. The Morgan fingerprint density at radius 2 is 1.33 bits per heavy atom. The molecule has 0 fully saturated rings. The summed E-state index contributed by atoms with van der Waals surface area (Å²) in [5, 5.41) is 1.63. The van der Waals surface area contributed by atoms with Crippen molar-refractivity contribution in [2.45, 2.75) is 0 Å². The standard InChI is InChI=1S/C21H14BrNO/c22-16-11-12-17-18(13-16)21(24)23-20(15-9-5-2-6-10-15)19(17)14-7-3-1-4-8-14/h1-13H,(H,23,24). The van der Waals surface area contributed by atoms with Gasteiger partial charge in [-0.1, -0.05) is 82.7 Å². The van der Waals surface area contributed by atoms with Gasteiger partial charge in [-0.25, -0.2) is 0 Å². The van der Waals surface area contributed by atoms with Crippen molar-refractivity contribution >= 4 is 26.7 Å². The number of H-pyrrole nitrogens is 1. The molecule has 0 radical (unpaired) electrons. The van der Waals surface area contributed by atoms with E-state index in [0.717, 1.165) is 32.2 Å². The van der Waals surface area contributed by atoms with Crippen LogP contribution in [0.5, 0.6) is 0 Å². The number of hydrogen-bond acceptors (Lipinski definition) is 1. The highest BCUT2D eigenvalue weighted by atomic mass is 79.9. The minimum atomic E-state index is -0.0789. The number of hydrogen-bond donors (Lipinski definition) is 1. The smallest absolute Gasteiger partial charge is 0.256 e. The second-order valence-corrected chi connectivity index (χ2v) is 6.54. The Morgan fingerprint density at radius 3 is 2.00 bits per heavy atom. The van der Waals surface area contributed by atoms with Crippen LogP contribution in [0.25, 0.3) is 33.2 Å². The molecular formula is C21H14BrNO. The number of benzene rings is 3. The number of aromatic nitrogens is 1. The first-order valence-corrected chi connectivity index (χ1v) is 8.50. The summed E-state index contributed by atoms with van der Waals surface area (Å²) < 4.78 is 0.895. The number of halogens is 1. The summed E-state index contributed by atoms with van der Waals surface area (Å²) in [5.74, 6) is 0. The zero-order chi connectivity index (χ0) is 16.5. The first-order valence-electron chi connectivity index (χ1n) is 7.70. The molecule has 2 nitrogen and oxygen atoms in total. The molecule has 0 aliphatic heterocycles. The van der Waals surface area contributed by atoms with Gasteiger partial charge in [0.25, 0.3) is 5.56 Å². The number of pyridine rings is 1. The van der Waals surface area contributed by atoms with Gasteiger partial charge in [-0.3, -0.25) is 4.79 Å². The predicted molar refractivity (Wildman–Crippen MR) is 103 cm³/mol. The minimum Gasteiger partial charge on any atom is -0.321 e. The molecule has 0 unspecified atom stereocenters. The Labute approximate surface area is 147 Å². The molecule has 3 heteroatoms. The number of aromatic amines is 1. The molecule has 3 aromatic carbocycles.